The first-order chi connectivity index (χ1) is 19.3. The molecule has 9 nitrogen and oxygen atoms in total. The lowest BCUT2D eigenvalue weighted by Crippen LogP contribution is -2.38. The van der Waals surface area contributed by atoms with E-state index in [9.17, 15) is 4.79 Å². The van der Waals surface area contributed by atoms with Gasteiger partial charge in [-0.3, -0.25) is 14.1 Å². The molecule has 1 aliphatic heterocycles. The SMILES string of the molecule is CC(C)(C)c1cc(CC(=O)Cc2ccc(-c3cn4c(n3)sc3cc(OCCN5CCOCC5)ncc34)cc2)no1. The van der Waals surface area contributed by atoms with Crippen molar-refractivity contribution in [1.82, 2.24) is 24.4 Å². The van der Waals surface area contributed by atoms with Gasteiger partial charge in [0.2, 0.25) is 5.88 Å². The summed E-state index contributed by atoms with van der Waals surface area (Å²) in [7, 11) is 0. The zero-order valence-electron chi connectivity index (χ0n) is 23.1. The fraction of sp³-hybridized carbons (Fsp3) is 0.400. The molecule has 0 unspecified atom stereocenters. The minimum Gasteiger partial charge on any atom is -0.476 e. The Kier molecular flexibility index (Phi) is 7.39. The molecule has 208 valence electrons. The summed E-state index contributed by atoms with van der Waals surface area (Å²) < 4.78 is 19.9. The molecule has 0 N–H and O–H groups in total. The number of nitrogens with zero attached hydrogens (tertiary/aromatic N) is 5. The van der Waals surface area contributed by atoms with Crippen LogP contribution in [0.2, 0.25) is 0 Å². The number of ketones is 1. The highest BCUT2D eigenvalue weighted by Crippen LogP contribution is 2.31. The van der Waals surface area contributed by atoms with Gasteiger partial charge in [0, 0.05) is 55.4 Å². The highest BCUT2D eigenvalue weighted by atomic mass is 32.1. The van der Waals surface area contributed by atoms with Crippen molar-refractivity contribution in [2.45, 2.75) is 39.0 Å². The van der Waals surface area contributed by atoms with Crippen LogP contribution in [0.5, 0.6) is 5.88 Å². The summed E-state index contributed by atoms with van der Waals surface area (Å²) in [6.07, 6.45) is 4.50. The summed E-state index contributed by atoms with van der Waals surface area (Å²) in [5, 5.41) is 4.07. The number of carbonyl (C=O) groups is 1. The molecule has 0 radical (unpaired) electrons. The van der Waals surface area contributed by atoms with Gasteiger partial charge in [0.15, 0.2) is 4.96 Å². The molecule has 0 aliphatic carbocycles. The van der Waals surface area contributed by atoms with Gasteiger partial charge in [-0.05, 0) is 5.56 Å². The molecule has 6 rings (SSSR count). The maximum atomic E-state index is 12.6. The maximum absolute atomic E-state index is 12.6. The van der Waals surface area contributed by atoms with Crippen LogP contribution in [-0.2, 0) is 27.8 Å². The van der Waals surface area contributed by atoms with Gasteiger partial charge in [0.05, 0.1) is 47.4 Å². The topological polar surface area (TPSA) is 95.0 Å². The monoisotopic (exact) mass is 559 g/mol. The molecule has 1 aromatic carbocycles. The third-order valence-electron chi connectivity index (χ3n) is 7.04. The molecule has 0 spiro atoms. The Balaban J connectivity index is 1.08. The van der Waals surface area contributed by atoms with Crippen LogP contribution in [-0.4, -0.2) is 69.7 Å². The highest BCUT2D eigenvalue weighted by Gasteiger charge is 2.20. The molecule has 1 aliphatic rings. The van der Waals surface area contributed by atoms with Crippen LogP contribution in [0, 0.1) is 0 Å². The zero-order chi connectivity index (χ0) is 27.7. The molecule has 0 saturated carbocycles. The van der Waals surface area contributed by atoms with Gasteiger partial charge in [0.1, 0.15) is 18.2 Å². The Labute approximate surface area is 236 Å². The Hall–Kier alpha value is -3.60. The van der Waals surface area contributed by atoms with Gasteiger partial charge in [-0.15, -0.1) is 0 Å². The Morgan fingerprint density at radius 2 is 1.90 bits per heavy atom. The molecule has 5 heterocycles. The fourth-order valence-corrected chi connectivity index (χ4v) is 5.74. The summed E-state index contributed by atoms with van der Waals surface area (Å²) in [5.74, 6) is 1.53. The number of Topliss-reactive ketones (excluding diaryl/α,β-unsaturated/α-hetero) is 1. The van der Waals surface area contributed by atoms with Crippen molar-refractivity contribution in [2.75, 3.05) is 39.5 Å². The van der Waals surface area contributed by atoms with Gasteiger partial charge < -0.3 is 14.0 Å². The standard InChI is InChI=1S/C30H33N5O4S/c1-30(2,3)27-16-22(33-39-27)15-23(36)14-20-4-6-21(7-5-20)24-19-35-25-18-31-28(17-26(25)40-29(35)32-24)38-13-10-34-8-11-37-12-9-34/h4-7,16-19H,8-15H2,1-3H3. The first kappa shape index (κ1) is 26.6. The third kappa shape index (κ3) is 5.94. The number of carbonyl (C=O) groups excluding carboxylic acids is 1. The molecule has 10 heteroatoms. The number of rotatable bonds is 9. The second-order valence-electron chi connectivity index (χ2n) is 11.2. The fourth-order valence-electron chi connectivity index (χ4n) is 4.74. The van der Waals surface area contributed by atoms with Crippen molar-refractivity contribution in [3.8, 4) is 17.1 Å². The smallest absolute Gasteiger partial charge is 0.214 e. The number of ether oxygens (including phenoxy) is 2. The Morgan fingerprint density at radius 1 is 1.10 bits per heavy atom. The van der Waals surface area contributed by atoms with Crippen LogP contribution >= 0.6 is 11.3 Å². The molecule has 0 amide bonds. The van der Waals surface area contributed by atoms with Crippen LogP contribution in [0.25, 0.3) is 26.4 Å². The number of thiazole rings is 1. The van der Waals surface area contributed by atoms with E-state index in [4.69, 9.17) is 19.0 Å². The highest BCUT2D eigenvalue weighted by molar-refractivity contribution is 7.23. The number of pyridine rings is 1. The quantitative estimate of drug-likeness (QED) is 0.250. The molecule has 40 heavy (non-hydrogen) atoms. The van der Waals surface area contributed by atoms with Crippen molar-refractivity contribution in [1.29, 1.82) is 0 Å². The van der Waals surface area contributed by atoms with Crippen LogP contribution in [0.1, 0.15) is 37.8 Å². The lowest BCUT2D eigenvalue weighted by Gasteiger charge is -2.26. The van der Waals surface area contributed by atoms with E-state index in [0.717, 1.165) is 70.6 Å². The Bertz CT molecular complexity index is 1620. The van der Waals surface area contributed by atoms with Crippen molar-refractivity contribution >= 4 is 32.3 Å². The molecule has 1 fully saturated rings. The Morgan fingerprint density at radius 3 is 2.65 bits per heavy atom. The summed E-state index contributed by atoms with van der Waals surface area (Å²) in [5.41, 5.74) is 4.40. The van der Waals surface area contributed by atoms with E-state index >= 15 is 0 Å². The zero-order valence-corrected chi connectivity index (χ0v) is 23.9. The third-order valence-corrected chi connectivity index (χ3v) is 8.06. The lowest BCUT2D eigenvalue weighted by atomic mass is 9.93. The molecule has 5 aromatic rings. The molecule has 0 bridgehead atoms. The van der Waals surface area contributed by atoms with E-state index in [2.05, 4.69) is 40.2 Å². The van der Waals surface area contributed by atoms with Gasteiger partial charge in [0.25, 0.3) is 0 Å². The molecule has 1 saturated heterocycles. The van der Waals surface area contributed by atoms with Crippen LogP contribution in [0.3, 0.4) is 0 Å². The van der Waals surface area contributed by atoms with E-state index in [1.54, 1.807) is 11.3 Å². The maximum Gasteiger partial charge on any atom is 0.214 e. The number of imidazole rings is 1. The molecular formula is C30H33N5O4S. The largest absolute Gasteiger partial charge is 0.476 e. The number of fused-ring (bicyclic) bond motifs is 3. The van der Waals surface area contributed by atoms with E-state index in [-0.39, 0.29) is 17.6 Å². The average Bonchev–Trinajstić information content (AvgIpc) is 3.64. The van der Waals surface area contributed by atoms with Crippen LogP contribution in [0.15, 0.2) is 53.3 Å². The number of hydrogen-bond acceptors (Lipinski definition) is 9. The lowest BCUT2D eigenvalue weighted by molar-refractivity contribution is -0.117. The normalized spacial score (nSPS) is 14.8. The first-order valence-corrected chi connectivity index (χ1v) is 14.4. The predicted octanol–water partition coefficient (Wildman–Crippen LogP) is 4.96. The minimum absolute atomic E-state index is 0.104. The van der Waals surface area contributed by atoms with Gasteiger partial charge in [-0.1, -0.05) is 61.5 Å². The number of aromatic nitrogens is 4. The summed E-state index contributed by atoms with van der Waals surface area (Å²) in [6, 6.07) is 11.9. The van der Waals surface area contributed by atoms with Crippen molar-refractivity contribution < 1.29 is 18.8 Å². The average molecular weight is 560 g/mol. The minimum atomic E-state index is -0.130. The molecular weight excluding hydrogens is 526 g/mol. The summed E-state index contributed by atoms with van der Waals surface area (Å²) >= 11 is 1.62. The van der Waals surface area contributed by atoms with Crippen LogP contribution < -0.4 is 4.74 Å². The van der Waals surface area contributed by atoms with Crippen molar-refractivity contribution in [3.63, 3.8) is 0 Å². The van der Waals surface area contributed by atoms with E-state index in [1.807, 2.05) is 48.8 Å². The van der Waals surface area contributed by atoms with E-state index in [1.165, 1.54) is 0 Å². The second-order valence-corrected chi connectivity index (χ2v) is 12.2. The second kappa shape index (κ2) is 11.1. The first-order valence-electron chi connectivity index (χ1n) is 13.6. The van der Waals surface area contributed by atoms with E-state index in [0.29, 0.717) is 24.6 Å². The number of hydrogen-bond donors (Lipinski definition) is 0. The van der Waals surface area contributed by atoms with Crippen molar-refractivity contribution in [2.24, 2.45) is 0 Å². The summed E-state index contributed by atoms with van der Waals surface area (Å²) in [4.78, 5) is 25.3. The van der Waals surface area contributed by atoms with Gasteiger partial charge >= 0.3 is 0 Å². The summed E-state index contributed by atoms with van der Waals surface area (Å²) in [6.45, 7) is 11.1. The number of benzene rings is 1. The predicted molar refractivity (Wildman–Crippen MR) is 154 cm³/mol. The molecule has 4 aromatic heterocycles. The molecule has 0 atom stereocenters. The van der Waals surface area contributed by atoms with Gasteiger partial charge in [-0.2, -0.15) is 0 Å². The van der Waals surface area contributed by atoms with Crippen LogP contribution in [0.4, 0.5) is 0 Å². The number of morpholine rings is 1. The van der Waals surface area contributed by atoms with Crippen molar-refractivity contribution in [3.05, 3.63) is 65.8 Å². The van der Waals surface area contributed by atoms with Gasteiger partial charge in [-0.25, -0.2) is 9.97 Å². The van der Waals surface area contributed by atoms with E-state index < -0.39 is 0 Å².